The van der Waals surface area contributed by atoms with Gasteiger partial charge in [0.05, 0.1) is 0 Å². The van der Waals surface area contributed by atoms with E-state index >= 15 is 0 Å². The molecule has 84 valence electrons. The van der Waals surface area contributed by atoms with Gasteiger partial charge in [-0.2, -0.15) is 0 Å². The molecule has 0 spiro atoms. The minimum Gasteiger partial charge on any atom is -0.313 e. The Kier molecular flexibility index (Phi) is 2.90. The summed E-state index contributed by atoms with van der Waals surface area (Å²) in [6.45, 7) is 6.52. The van der Waals surface area contributed by atoms with E-state index in [2.05, 4.69) is 33.8 Å². The molecule has 0 aromatic carbocycles. The second-order valence-electron chi connectivity index (χ2n) is 4.53. The lowest BCUT2D eigenvalue weighted by Crippen LogP contribution is -2.37. The fraction of sp³-hybridized carbons (Fsp3) is 0.778. The molecule has 6 heteroatoms. The zero-order valence-electron chi connectivity index (χ0n) is 9.16. The van der Waals surface area contributed by atoms with E-state index in [4.69, 9.17) is 5.84 Å². The van der Waals surface area contributed by atoms with Gasteiger partial charge in [-0.1, -0.05) is 4.49 Å². The fourth-order valence-corrected chi connectivity index (χ4v) is 2.54. The topological polar surface area (TPSA) is 67.1 Å². The second kappa shape index (κ2) is 4.03. The van der Waals surface area contributed by atoms with Crippen molar-refractivity contribution in [1.82, 2.24) is 14.5 Å². The summed E-state index contributed by atoms with van der Waals surface area (Å²) in [5.74, 6) is 5.40. The minimum atomic E-state index is 0.273. The van der Waals surface area contributed by atoms with Crippen molar-refractivity contribution in [3.8, 4) is 0 Å². The van der Waals surface area contributed by atoms with Crippen molar-refractivity contribution in [3.05, 3.63) is 5.69 Å². The number of hydrogen-bond acceptors (Lipinski definition) is 6. The third-order valence-electron chi connectivity index (χ3n) is 3.10. The van der Waals surface area contributed by atoms with Gasteiger partial charge in [-0.3, -0.25) is 4.90 Å². The zero-order chi connectivity index (χ0) is 10.9. The molecule has 2 heterocycles. The Balaban J connectivity index is 2.08. The number of hydrogen-bond donors (Lipinski definition) is 2. The smallest absolute Gasteiger partial charge is 0.148 e. The van der Waals surface area contributed by atoms with Gasteiger partial charge in [-0.25, -0.2) is 5.84 Å². The van der Waals surface area contributed by atoms with Crippen molar-refractivity contribution in [2.75, 3.05) is 12.0 Å². The number of nitrogen functional groups attached to an aromatic ring is 1. The Morgan fingerprint density at radius 3 is 3.00 bits per heavy atom. The number of nitrogens with one attached hydrogen (secondary N) is 1. The van der Waals surface area contributed by atoms with Crippen LogP contribution in [0.5, 0.6) is 0 Å². The van der Waals surface area contributed by atoms with Crippen molar-refractivity contribution in [3.63, 3.8) is 0 Å². The molecule has 0 unspecified atom stereocenters. The lowest BCUT2D eigenvalue weighted by atomic mass is 10.0. The average molecular weight is 227 g/mol. The summed E-state index contributed by atoms with van der Waals surface area (Å²) in [6.07, 6.45) is 2.51. The van der Waals surface area contributed by atoms with E-state index in [0.29, 0.717) is 0 Å². The van der Waals surface area contributed by atoms with E-state index in [1.807, 2.05) is 0 Å². The van der Waals surface area contributed by atoms with E-state index < -0.39 is 0 Å². The molecule has 0 aliphatic carbocycles. The number of likely N-dealkylation sites (tertiary alicyclic amines) is 1. The SMILES string of the molecule is CC1(C)CCCN1Cc1nnsc1NN. The molecule has 3 N–H and O–H groups in total. The predicted octanol–water partition coefficient (Wildman–Crippen LogP) is 1.20. The van der Waals surface area contributed by atoms with Crippen molar-refractivity contribution in [1.29, 1.82) is 0 Å². The Bertz CT molecular complexity index is 335. The maximum atomic E-state index is 5.40. The molecule has 1 aliphatic rings. The standard InChI is InChI=1S/C9H17N5S/c1-9(2)4-3-5-14(9)6-7-8(11-10)15-13-12-7/h11H,3-6,10H2,1-2H3. The Morgan fingerprint density at radius 2 is 2.40 bits per heavy atom. The number of nitrogens with zero attached hydrogens (tertiary/aromatic N) is 3. The number of anilines is 1. The Morgan fingerprint density at radius 1 is 1.60 bits per heavy atom. The van der Waals surface area contributed by atoms with E-state index in [1.165, 1.54) is 24.4 Å². The van der Waals surface area contributed by atoms with Gasteiger partial charge in [0, 0.05) is 23.6 Å². The Labute approximate surface area is 93.8 Å². The quantitative estimate of drug-likeness (QED) is 0.600. The molecule has 2 rings (SSSR count). The molecular formula is C9H17N5S. The van der Waals surface area contributed by atoms with Gasteiger partial charge < -0.3 is 5.43 Å². The first-order valence-corrected chi connectivity index (χ1v) is 5.94. The van der Waals surface area contributed by atoms with Crippen LogP contribution in [-0.4, -0.2) is 26.6 Å². The van der Waals surface area contributed by atoms with Crippen LogP contribution in [0, 0.1) is 0 Å². The minimum absolute atomic E-state index is 0.273. The average Bonchev–Trinajstić information content (AvgIpc) is 2.74. The highest BCUT2D eigenvalue weighted by atomic mass is 32.1. The van der Waals surface area contributed by atoms with E-state index in [1.54, 1.807) is 0 Å². The number of rotatable bonds is 3. The highest BCUT2D eigenvalue weighted by Crippen LogP contribution is 2.31. The van der Waals surface area contributed by atoms with Crippen LogP contribution in [-0.2, 0) is 6.54 Å². The van der Waals surface area contributed by atoms with Crippen LogP contribution in [0.1, 0.15) is 32.4 Å². The summed E-state index contributed by atoms with van der Waals surface area (Å²) in [4.78, 5) is 2.44. The molecular weight excluding hydrogens is 210 g/mol. The summed E-state index contributed by atoms with van der Waals surface area (Å²) < 4.78 is 3.91. The van der Waals surface area contributed by atoms with Crippen LogP contribution in [0.15, 0.2) is 0 Å². The van der Waals surface area contributed by atoms with E-state index in [0.717, 1.165) is 23.8 Å². The zero-order valence-corrected chi connectivity index (χ0v) is 9.97. The Hall–Kier alpha value is -0.720. The second-order valence-corrected chi connectivity index (χ2v) is 5.28. The van der Waals surface area contributed by atoms with Crippen LogP contribution in [0.3, 0.4) is 0 Å². The number of hydrazine groups is 1. The molecule has 15 heavy (non-hydrogen) atoms. The predicted molar refractivity (Wildman–Crippen MR) is 61.4 cm³/mol. The van der Waals surface area contributed by atoms with Gasteiger partial charge in [0.1, 0.15) is 10.7 Å². The van der Waals surface area contributed by atoms with E-state index in [9.17, 15) is 0 Å². The molecule has 0 radical (unpaired) electrons. The first kappa shape index (κ1) is 10.8. The third kappa shape index (κ3) is 2.11. The normalized spacial score (nSPS) is 20.7. The van der Waals surface area contributed by atoms with Gasteiger partial charge in [-0.05, 0) is 33.2 Å². The van der Waals surface area contributed by atoms with Crippen LogP contribution >= 0.6 is 11.5 Å². The molecule has 5 nitrogen and oxygen atoms in total. The fourth-order valence-electron chi connectivity index (χ4n) is 2.06. The van der Waals surface area contributed by atoms with Gasteiger partial charge in [0.15, 0.2) is 0 Å². The summed E-state index contributed by atoms with van der Waals surface area (Å²) >= 11 is 1.31. The van der Waals surface area contributed by atoms with Crippen molar-refractivity contribution < 1.29 is 0 Å². The summed E-state index contributed by atoms with van der Waals surface area (Å²) in [6, 6.07) is 0. The maximum absolute atomic E-state index is 5.40. The molecule has 0 atom stereocenters. The van der Waals surface area contributed by atoms with Crippen LogP contribution in [0.4, 0.5) is 5.00 Å². The lowest BCUT2D eigenvalue weighted by molar-refractivity contribution is 0.165. The number of nitrogens with two attached hydrogens (primary N) is 1. The monoisotopic (exact) mass is 227 g/mol. The molecule has 1 saturated heterocycles. The van der Waals surface area contributed by atoms with Crippen molar-refractivity contribution in [2.24, 2.45) is 5.84 Å². The molecule has 0 amide bonds. The van der Waals surface area contributed by atoms with Crippen LogP contribution in [0.2, 0.25) is 0 Å². The largest absolute Gasteiger partial charge is 0.313 e. The van der Waals surface area contributed by atoms with Gasteiger partial charge >= 0.3 is 0 Å². The van der Waals surface area contributed by atoms with Crippen molar-refractivity contribution in [2.45, 2.75) is 38.8 Å². The summed E-state index contributed by atoms with van der Waals surface area (Å²) in [5, 5.41) is 4.97. The molecule has 1 aromatic heterocycles. The van der Waals surface area contributed by atoms with Gasteiger partial charge in [-0.15, -0.1) is 5.10 Å². The molecule has 1 fully saturated rings. The van der Waals surface area contributed by atoms with Crippen LogP contribution in [0.25, 0.3) is 0 Å². The first-order chi connectivity index (χ1) is 7.13. The molecule has 1 aliphatic heterocycles. The number of aromatic nitrogens is 2. The van der Waals surface area contributed by atoms with E-state index in [-0.39, 0.29) is 5.54 Å². The molecule has 1 aromatic rings. The highest BCUT2D eigenvalue weighted by Gasteiger charge is 2.32. The third-order valence-corrected chi connectivity index (χ3v) is 3.80. The maximum Gasteiger partial charge on any atom is 0.148 e. The lowest BCUT2D eigenvalue weighted by Gasteiger charge is -2.30. The highest BCUT2D eigenvalue weighted by molar-refractivity contribution is 7.10. The van der Waals surface area contributed by atoms with Gasteiger partial charge in [0.25, 0.3) is 0 Å². The first-order valence-electron chi connectivity index (χ1n) is 5.16. The molecule has 0 saturated carbocycles. The van der Waals surface area contributed by atoms with Crippen LogP contribution < -0.4 is 11.3 Å². The summed E-state index contributed by atoms with van der Waals surface area (Å²) in [7, 11) is 0. The van der Waals surface area contributed by atoms with Crippen molar-refractivity contribution >= 4 is 16.5 Å². The summed E-state index contributed by atoms with van der Waals surface area (Å²) in [5.41, 5.74) is 3.87. The molecule has 0 bridgehead atoms. The van der Waals surface area contributed by atoms with Gasteiger partial charge in [0.2, 0.25) is 0 Å².